The third-order valence-corrected chi connectivity index (χ3v) is 16.6. The summed E-state index contributed by atoms with van der Waals surface area (Å²) in [6.07, 6.45) is 3.42. The van der Waals surface area contributed by atoms with E-state index in [2.05, 4.69) is 29.6 Å². The molecule has 370 valence electrons. The number of ether oxygens (including phenoxy) is 4. The number of carbonyl (C=O) groups excluding carboxylic acids is 1. The molecule has 21 heteroatoms. The Morgan fingerprint density at radius 3 is 2.54 bits per heavy atom. The van der Waals surface area contributed by atoms with Crippen LogP contribution in [-0.2, 0) is 19.5 Å². The van der Waals surface area contributed by atoms with E-state index < -0.39 is 49.9 Å². The van der Waals surface area contributed by atoms with Gasteiger partial charge in [-0.05, 0) is 118 Å². The lowest BCUT2D eigenvalue weighted by molar-refractivity contribution is -0.384. The molecule has 6 aliphatic rings. The van der Waals surface area contributed by atoms with E-state index in [0.717, 1.165) is 75.1 Å². The lowest BCUT2D eigenvalue weighted by Gasteiger charge is -2.56. The van der Waals surface area contributed by atoms with E-state index in [1.54, 1.807) is 30.5 Å². The molecule has 17 nitrogen and oxygen atoms in total. The number of rotatable bonds is 12. The lowest BCUT2D eigenvalue weighted by Crippen LogP contribution is -2.55. The number of halogens is 3. The standard InChI is InChI=1S/C49H53F3N8O9S/c50-49(51,52)69-43-6-2-1-4-35(43)38-5-3-17-58(38)33-25-48(26-33)14-18-57(19-15-48)32-7-9-36(39(23-32)59-41-22-31-11-16-53-45(31)55-47(41)68-44-29-67-28-42(44)59)46(61)56-70(64,65)34-8-10-37(40(24-34)60(62)63)54-27-30-12-20-66-21-13-30/h1-2,4,6-11,16,22-24,30,33,38,42,44,54H,3,5,12-15,17-21,25-29H2,(H,53,55)(H,56,61)/t38-,42+,44+/m0/s1. The van der Waals surface area contributed by atoms with Crippen molar-refractivity contribution in [1.29, 1.82) is 0 Å². The summed E-state index contributed by atoms with van der Waals surface area (Å²) in [5.74, 6) is -0.514. The van der Waals surface area contributed by atoms with Crippen LogP contribution in [0.3, 0.4) is 0 Å². The first kappa shape index (κ1) is 46.2. The van der Waals surface area contributed by atoms with Gasteiger partial charge < -0.3 is 39.0 Å². The lowest BCUT2D eigenvalue weighted by atomic mass is 9.60. The fourth-order valence-corrected chi connectivity index (χ4v) is 12.6. The molecule has 3 atom stereocenters. The van der Waals surface area contributed by atoms with Crippen molar-refractivity contribution in [2.24, 2.45) is 11.3 Å². The molecule has 0 bridgehead atoms. The van der Waals surface area contributed by atoms with Crippen LogP contribution < -0.4 is 29.3 Å². The molecule has 3 aromatic carbocycles. The van der Waals surface area contributed by atoms with E-state index in [-0.39, 0.29) is 53.6 Å². The van der Waals surface area contributed by atoms with Crippen molar-refractivity contribution >= 4 is 55.4 Å². The molecule has 5 aromatic rings. The van der Waals surface area contributed by atoms with Crippen molar-refractivity contribution in [1.82, 2.24) is 19.6 Å². The van der Waals surface area contributed by atoms with Crippen molar-refractivity contribution in [3.63, 3.8) is 0 Å². The number of nitro groups is 1. The second-order valence-electron chi connectivity index (χ2n) is 19.4. The van der Waals surface area contributed by atoms with Gasteiger partial charge in [-0.2, -0.15) is 4.98 Å². The van der Waals surface area contributed by atoms with Gasteiger partial charge in [0.05, 0.1) is 40.3 Å². The smallest absolute Gasteiger partial charge is 0.468 e. The molecule has 1 amide bonds. The molecule has 5 aliphatic heterocycles. The minimum absolute atomic E-state index is 0.0435. The Balaban J connectivity index is 0.856. The predicted octanol–water partition coefficient (Wildman–Crippen LogP) is 8.21. The van der Waals surface area contributed by atoms with E-state index >= 15 is 0 Å². The number of sulfonamides is 1. The molecule has 5 fully saturated rings. The number of piperidine rings is 1. The number of nitrogens with one attached hydrogen (secondary N) is 3. The van der Waals surface area contributed by atoms with E-state index in [1.807, 2.05) is 29.2 Å². The van der Waals surface area contributed by atoms with Gasteiger partial charge in [-0.1, -0.05) is 18.2 Å². The number of likely N-dealkylation sites (tertiary alicyclic amines) is 1. The van der Waals surface area contributed by atoms with Gasteiger partial charge in [-0.3, -0.25) is 19.8 Å². The van der Waals surface area contributed by atoms with Crippen LogP contribution in [0.25, 0.3) is 11.0 Å². The van der Waals surface area contributed by atoms with Gasteiger partial charge in [-0.15, -0.1) is 13.2 Å². The number of fused-ring (bicyclic) bond motifs is 3. The van der Waals surface area contributed by atoms with Crippen LogP contribution in [0.4, 0.5) is 41.6 Å². The molecule has 0 radical (unpaired) electrons. The molecule has 11 rings (SSSR count). The monoisotopic (exact) mass is 986 g/mol. The molecular formula is C49H53F3N8O9S. The van der Waals surface area contributed by atoms with Gasteiger partial charge in [0, 0.05) is 73.8 Å². The molecule has 1 spiro atoms. The number of benzene rings is 3. The summed E-state index contributed by atoms with van der Waals surface area (Å²) in [6, 6.07) is 18.8. The van der Waals surface area contributed by atoms with Gasteiger partial charge in [-0.25, -0.2) is 13.1 Å². The molecule has 0 unspecified atom stereocenters. The summed E-state index contributed by atoms with van der Waals surface area (Å²) in [5.41, 5.74) is 2.82. The molecule has 3 N–H and O–H groups in total. The Morgan fingerprint density at radius 2 is 1.76 bits per heavy atom. The maximum atomic E-state index is 14.6. The fourth-order valence-electron chi connectivity index (χ4n) is 11.6. The largest absolute Gasteiger partial charge is 0.573 e. The zero-order valence-electron chi connectivity index (χ0n) is 38.2. The normalized spacial score (nSPS) is 22.9. The Hall–Kier alpha value is -6.16. The van der Waals surface area contributed by atoms with Gasteiger partial charge in [0.15, 0.2) is 0 Å². The highest BCUT2D eigenvalue weighted by molar-refractivity contribution is 7.90. The number of nitro benzene ring substituents is 1. The number of hydrogen-bond donors (Lipinski definition) is 3. The van der Waals surface area contributed by atoms with Crippen LogP contribution in [0.1, 0.15) is 73.3 Å². The topological polar surface area (TPSA) is 194 Å². The van der Waals surface area contributed by atoms with Crippen molar-refractivity contribution in [2.45, 2.75) is 86.9 Å². The highest BCUT2D eigenvalue weighted by atomic mass is 32.2. The van der Waals surface area contributed by atoms with Crippen molar-refractivity contribution < 1.29 is 50.3 Å². The number of anilines is 4. The number of aromatic amines is 1. The average Bonchev–Trinajstić information content (AvgIpc) is 4.13. The van der Waals surface area contributed by atoms with Crippen LogP contribution in [0.2, 0.25) is 0 Å². The van der Waals surface area contributed by atoms with Gasteiger partial charge in [0.25, 0.3) is 21.6 Å². The number of pyridine rings is 1. The fraction of sp³-hybridized carbons (Fsp3) is 0.469. The van der Waals surface area contributed by atoms with Gasteiger partial charge in [0.2, 0.25) is 5.88 Å². The van der Waals surface area contributed by atoms with Crippen molar-refractivity contribution in [3.05, 3.63) is 100 Å². The first-order valence-corrected chi connectivity index (χ1v) is 25.4. The molecule has 7 heterocycles. The van der Waals surface area contributed by atoms with Crippen LogP contribution in [0, 0.1) is 21.4 Å². The number of alkyl halides is 3. The van der Waals surface area contributed by atoms with Crippen LogP contribution >= 0.6 is 0 Å². The zero-order chi connectivity index (χ0) is 48.4. The first-order chi connectivity index (χ1) is 33.7. The molecule has 70 heavy (non-hydrogen) atoms. The SMILES string of the molecule is O=C(NS(=O)(=O)c1ccc(NCC2CCOCC2)c([N+](=O)[O-])c1)c1ccc(N2CCC3(CC2)CC(N2CCC[C@H]2c2ccccc2OC(F)(F)F)C3)cc1N1c2cc3cc[nH]c3nc2O[C@@H]2COC[C@H]21. The first-order valence-electron chi connectivity index (χ1n) is 23.9. The molecule has 4 saturated heterocycles. The Bertz CT molecular complexity index is 2920. The summed E-state index contributed by atoms with van der Waals surface area (Å²) in [7, 11) is -4.64. The van der Waals surface area contributed by atoms with Gasteiger partial charge >= 0.3 is 6.36 Å². The number of amides is 1. The number of H-pyrrole nitrogens is 1. The Kier molecular flexibility index (Phi) is 12.0. The predicted molar refractivity (Wildman–Crippen MR) is 252 cm³/mol. The summed E-state index contributed by atoms with van der Waals surface area (Å²) in [5, 5.41) is 16.2. The Labute approximate surface area is 401 Å². The quantitative estimate of drug-likeness (QED) is 0.0800. The third-order valence-electron chi connectivity index (χ3n) is 15.2. The minimum Gasteiger partial charge on any atom is -0.468 e. The van der Waals surface area contributed by atoms with Crippen LogP contribution in [0.5, 0.6) is 11.6 Å². The highest BCUT2D eigenvalue weighted by Crippen LogP contribution is 2.55. The summed E-state index contributed by atoms with van der Waals surface area (Å²) < 4.78 is 92.6. The van der Waals surface area contributed by atoms with Crippen LogP contribution in [-0.4, -0.2) is 111 Å². The van der Waals surface area contributed by atoms with Crippen molar-refractivity contribution in [2.75, 3.05) is 67.7 Å². The second kappa shape index (κ2) is 18.2. The van der Waals surface area contributed by atoms with E-state index in [1.165, 1.54) is 18.2 Å². The van der Waals surface area contributed by atoms with Gasteiger partial charge in [0.1, 0.15) is 28.9 Å². The van der Waals surface area contributed by atoms with E-state index in [4.69, 9.17) is 19.2 Å². The number of nitrogens with zero attached hydrogens (tertiary/aromatic N) is 5. The summed E-state index contributed by atoms with van der Waals surface area (Å²) >= 11 is 0. The highest BCUT2D eigenvalue weighted by Gasteiger charge is 2.51. The number of carbonyl (C=O) groups is 1. The summed E-state index contributed by atoms with van der Waals surface area (Å²) in [4.78, 5) is 40.2. The molecule has 1 aliphatic carbocycles. The van der Waals surface area contributed by atoms with E-state index in [9.17, 15) is 36.5 Å². The van der Waals surface area contributed by atoms with Crippen molar-refractivity contribution in [3.8, 4) is 11.6 Å². The Morgan fingerprint density at radius 1 is 0.957 bits per heavy atom. The second-order valence-corrected chi connectivity index (χ2v) is 21.1. The number of aromatic nitrogens is 2. The molecule has 1 saturated carbocycles. The molecular weight excluding hydrogens is 934 g/mol. The zero-order valence-corrected chi connectivity index (χ0v) is 39.0. The molecule has 2 aromatic heterocycles. The van der Waals surface area contributed by atoms with Crippen LogP contribution in [0.15, 0.2) is 83.9 Å². The van der Waals surface area contributed by atoms with E-state index in [0.29, 0.717) is 61.3 Å². The average molecular weight is 987 g/mol. The number of para-hydroxylation sites is 1. The maximum Gasteiger partial charge on any atom is 0.573 e. The number of hydrogen-bond acceptors (Lipinski definition) is 14. The summed E-state index contributed by atoms with van der Waals surface area (Å²) in [6.45, 7) is 4.41. The maximum absolute atomic E-state index is 14.6. The minimum atomic E-state index is -4.78. The third kappa shape index (κ3) is 8.96.